The third-order valence-corrected chi connectivity index (χ3v) is 17.5. The van der Waals surface area contributed by atoms with Crippen LogP contribution in [0.1, 0.15) is 73.1 Å². The predicted octanol–water partition coefficient (Wildman–Crippen LogP) is 3.13. The fraction of sp³-hybridized carbons (Fsp3) is 0.424. The van der Waals surface area contributed by atoms with Crippen LogP contribution in [-0.2, 0) is 47.7 Å². The number of aliphatic hydroxyl groups excluding tert-OH is 6. The second-order valence-corrected chi connectivity index (χ2v) is 25.0. The normalized spacial score (nSPS) is 22.3. The van der Waals surface area contributed by atoms with Crippen molar-refractivity contribution in [2.75, 3.05) is 59.9 Å². The molecule has 0 saturated carbocycles. The van der Waals surface area contributed by atoms with E-state index in [0.717, 1.165) is 36.1 Å². The molecule has 5 aromatic rings. The van der Waals surface area contributed by atoms with Gasteiger partial charge in [-0.3, -0.25) is 28.8 Å². The lowest BCUT2D eigenvalue weighted by Crippen LogP contribution is -2.68. The van der Waals surface area contributed by atoms with Crippen LogP contribution in [0, 0.1) is 0 Å². The molecule has 2 heterocycles. The number of carboxylic acids is 2. The number of benzene rings is 5. The van der Waals surface area contributed by atoms with E-state index in [0.29, 0.717) is 34.4 Å². The maximum Gasteiger partial charge on any atom is 0.364 e. The van der Waals surface area contributed by atoms with E-state index in [4.69, 9.17) is 18.9 Å². The van der Waals surface area contributed by atoms with Gasteiger partial charge < -0.3 is 91.7 Å². The van der Waals surface area contributed by atoms with Crippen molar-refractivity contribution in [3.63, 3.8) is 0 Å². The van der Waals surface area contributed by atoms with Crippen LogP contribution in [0.25, 0.3) is 22.3 Å². The third kappa shape index (κ3) is 21.1. The van der Waals surface area contributed by atoms with Crippen LogP contribution >= 0.6 is 23.5 Å². The second kappa shape index (κ2) is 35.6. The number of rotatable bonds is 34. The molecule has 26 nitrogen and oxygen atoms in total. The van der Waals surface area contributed by atoms with Crippen LogP contribution in [0.15, 0.2) is 133 Å². The van der Waals surface area contributed by atoms with Gasteiger partial charge in [0.2, 0.25) is 23.6 Å². The van der Waals surface area contributed by atoms with Gasteiger partial charge in [-0.25, -0.2) is 9.59 Å². The maximum absolute atomic E-state index is 13.0. The van der Waals surface area contributed by atoms with Gasteiger partial charge in [0.15, 0.2) is 0 Å². The summed E-state index contributed by atoms with van der Waals surface area (Å²) in [7, 11) is 0. The minimum atomic E-state index is -2.50. The lowest BCUT2D eigenvalue weighted by atomic mass is 9.88. The number of amides is 6. The van der Waals surface area contributed by atoms with Gasteiger partial charge in [-0.15, -0.1) is 0 Å². The topological polar surface area (TPSA) is 408 Å². The molecule has 2 aliphatic rings. The summed E-state index contributed by atoms with van der Waals surface area (Å²) >= 11 is 2.77. The summed E-state index contributed by atoms with van der Waals surface area (Å²) in [4.78, 5) is 101. The van der Waals surface area contributed by atoms with Crippen molar-refractivity contribution < 1.29 is 98.2 Å². The smallest absolute Gasteiger partial charge is 0.364 e. The molecule has 94 heavy (non-hydrogen) atoms. The third-order valence-electron chi connectivity index (χ3n) is 15.4. The highest BCUT2D eigenvalue weighted by atomic mass is 32.2. The molecule has 506 valence electrons. The van der Waals surface area contributed by atoms with E-state index < -0.39 is 134 Å². The molecule has 0 aromatic heterocycles. The van der Waals surface area contributed by atoms with E-state index in [1.54, 1.807) is 72.8 Å². The van der Waals surface area contributed by atoms with Crippen molar-refractivity contribution in [1.29, 1.82) is 0 Å². The monoisotopic (exact) mass is 1340 g/mol. The molecule has 2 aliphatic heterocycles. The summed E-state index contributed by atoms with van der Waals surface area (Å²) in [6.07, 6.45) is -14.5. The standard InChI is InChI=1S/C66H80N6O20S2/c1-39(73)69-55-49(75)35-65(63(85)86,91-59(55)57(81)51(77)37-67-61(83)45-19-15-43(16-20-45)41-11-5-3-6-12-41)89-29-9-31-93-33-27-53(79)71-47-23-25-48(26-24-47)72-54(80)28-34-94-32-10-30-90-66(64(87)88)36-50(76)56(70-40(2)74)60(92-66)58(82)52(78)38-68-62(84)46-21-17-44(18-22-46)42-13-7-4-8-14-42/h3-8,11-26,49-52,55-60,75-78,81-82H,9-10,27-38H2,1-2H3,(H,67,83)(H,68,84)(H,69,73)(H,70,74)(H,71,79)(H,72,80)(H,85,86)(H,87,88)/t49-,50-,51+,52+,55+,56+,57?,58?,59+,60+,65+,66+/m0/s1. The molecule has 0 bridgehead atoms. The molecule has 12 atom stereocenters. The van der Waals surface area contributed by atoms with E-state index in [-0.39, 0.29) is 61.8 Å². The molecule has 2 fully saturated rings. The van der Waals surface area contributed by atoms with Crippen molar-refractivity contribution >= 4 is 82.3 Å². The fourth-order valence-corrected chi connectivity index (χ4v) is 12.2. The van der Waals surface area contributed by atoms with Crippen LogP contribution in [0.3, 0.4) is 0 Å². The second-order valence-electron chi connectivity index (χ2n) is 22.5. The number of carboxylic acid groups (broad SMARTS) is 2. The number of ether oxygens (including phenoxy) is 4. The van der Waals surface area contributed by atoms with Gasteiger partial charge in [-0.2, -0.15) is 23.5 Å². The lowest BCUT2D eigenvalue weighted by Gasteiger charge is -2.46. The molecular weight excluding hydrogens is 1260 g/mol. The summed E-state index contributed by atoms with van der Waals surface area (Å²) in [6.45, 7) is 0.885. The van der Waals surface area contributed by atoms with E-state index in [1.165, 1.54) is 23.5 Å². The van der Waals surface area contributed by atoms with Gasteiger partial charge in [0.25, 0.3) is 23.4 Å². The molecule has 5 aromatic carbocycles. The van der Waals surface area contributed by atoms with Crippen LogP contribution < -0.4 is 31.9 Å². The lowest BCUT2D eigenvalue weighted by molar-refractivity contribution is -0.310. The van der Waals surface area contributed by atoms with E-state index in [1.807, 2.05) is 60.7 Å². The molecule has 6 amide bonds. The molecule has 0 aliphatic carbocycles. The Labute approximate surface area is 550 Å². The highest BCUT2D eigenvalue weighted by Crippen LogP contribution is 2.36. The van der Waals surface area contributed by atoms with Gasteiger partial charge in [-0.05, 0) is 95.1 Å². The quantitative estimate of drug-likeness (QED) is 0.0263. The minimum Gasteiger partial charge on any atom is -0.477 e. The van der Waals surface area contributed by atoms with Gasteiger partial charge in [-0.1, -0.05) is 84.9 Å². The Balaban J connectivity index is 0.773. The van der Waals surface area contributed by atoms with Crippen molar-refractivity contribution in [2.45, 2.75) is 125 Å². The molecule has 7 rings (SSSR count). The number of nitrogens with one attached hydrogen (secondary N) is 6. The summed E-state index contributed by atoms with van der Waals surface area (Å²) in [5.41, 5.74) is 5.10. The Bertz CT molecular complexity index is 3110. The Morgan fingerprint density at radius 2 is 0.840 bits per heavy atom. The van der Waals surface area contributed by atoms with Gasteiger partial charge >= 0.3 is 11.9 Å². The fourth-order valence-electron chi connectivity index (χ4n) is 10.5. The van der Waals surface area contributed by atoms with E-state index >= 15 is 0 Å². The first-order valence-corrected chi connectivity index (χ1v) is 32.7. The zero-order valence-electron chi connectivity index (χ0n) is 51.7. The van der Waals surface area contributed by atoms with Crippen LogP contribution in [0.4, 0.5) is 11.4 Å². The van der Waals surface area contributed by atoms with E-state index in [9.17, 15) is 79.2 Å². The highest BCUT2D eigenvalue weighted by molar-refractivity contribution is 7.99. The van der Waals surface area contributed by atoms with Crippen molar-refractivity contribution in [3.8, 4) is 22.3 Å². The number of hydrogen-bond acceptors (Lipinski definition) is 20. The predicted molar refractivity (Wildman–Crippen MR) is 348 cm³/mol. The average molecular weight is 1340 g/mol. The Morgan fingerprint density at radius 1 is 0.500 bits per heavy atom. The first kappa shape index (κ1) is 73.6. The van der Waals surface area contributed by atoms with Crippen LogP contribution in [-0.4, -0.2) is 210 Å². The molecule has 2 saturated heterocycles. The summed E-state index contributed by atoms with van der Waals surface area (Å²) in [5.74, 6) is -9.68. The van der Waals surface area contributed by atoms with Crippen molar-refractivity contribution in [1.82, 2.24) is 21.3 Å². The SMILES string of the molecule is CC(=O)N[C@@H]1[C@@H](O)C[C@](OCCCSCCC(=O)Nc2ccc(NC(=O)CCSCCCO[C@]3(C(=O)O)C[C@H](O)[C@@H](NC(C)=O)[C@H](C(O)[C@H](O)CNC(=O)c4ccc(-c5ccccc5)cc4)O3)cc2)(C(=O)O)O[C@H]1C(O)[C@H](O)CNC(=O)c1ccc(-c2ccccc2)cc1. The Hall–Kier alpha value is -7.84. The molecule has 0 spiro atoms. The Morgan fingerprint density at radius 3 is 1.17 bits per heavy atom. The number of hydrogen-bond donors (Lipinski definition) is 14. The maximum atomic E-state index is 13.0. The van der Waals surface area contributed by atoms with Gasteiger partial charge in [0.05, 0.1) is 49.7 Å². The average Bonchev–Trinajstić information content (AvgIpc) is 0.781. The number of carbonyl (C=O) groups is 8. The number of carbonyl (C=O) groups excluding carboxylic acids is 6. The van der Waals surface area contributed by atoms with Crippen molar-refractivity contribution in [2.24, 2.45) is 0 Å². The zero-order chi connectivity index (χ0) is 68.0. The number of aliphatic hydroxyl groups is 6. The van der Waals surface area contributed by atoms with Crippen molar-refractivity contribution in [3.05, 3.63) is 145 Å². The molecular formula is C66H80N6O20S2. The minimum absolute atomic E-state index is 0.111. The summed E-state index contributed by atoms with van der Waals surface area (Å²) in [6, 6.07) is 36.1. The van der Waals surface area contributed by atoms with Gasteiger partial charge in [0.1, 0.15) is 24.4 Å². The summed E-state index contributed by atoms with van der Waals surface area (Å²) < 4.78 is 23.1. The largest absolute Gasteiger partial charge is 0.477 e. The first-order valence-electron chi connectivity index (χ1n) is 30.4. The molecule has 14 N–H and O–H groups in total. The van der Waals surface area contributed by atoms with E-state index in [2.05, 4.69) is 31.9 Å². The number of aliphatic carboxylic acids is 2. The summed E-state index contributed by atoms with van der Waals surface area (Å²) in [5, 5.41) is 103. The molecule has 0 radical (unpaired) electrons. The van der Waals surface area contributed by atoms with Crippen LogP contribution in [0.2, 0.25) is 0 Å². The molecule has 28 heteroatoms. The first-order chi connectivity index (χ1) is 45.0. The van der Waals surface area contributed by atoms with Gasteiger partial charge in [0, 0.05) is 86.6 Å². The number of anilines is 2. The van der Waals surface area contributed by atoms with Crippen LogP contribution in [0.5, 0.6) is 0 Å². The number of thioether (sulfide) groups is 2. The highest BCUT2D eigenvalue weighted by Gasteiger charge is 2.57. The molecule has 2 unspecified atom stereocenters. The zero-order valence-corrected chi connectivity index (χ0v) is 53.3. The Kier molecular flexibility index (Phi) is 27.9.